The van der Waals surface area contributed by atoms with Gasteiger partial charge in [0.25, 0.3) is 0 Å². The first-order valence-corrected chi connectivity index (χ1v) is 5.11. The third-order valence-electron chi connectivity index (χ3n) is 2.90. The lowest BCUT2D eigenvalue weighted by Crippen LogP contribution is -2.12. The van der Waals surface area contributed by atoms with Crippen molar-refractivity contribution in [2.24, 2.45) is 0 Å². The molecule has 0 saturated heterocycles. The van der Waals surface area contributed by atoms with Crippen LogP contribution in [0.2, 0.25) is 0 Å². The molecule has 2 aromatic rings. The van der Waals surface area contributed by atoms with Gasteiger partial charge in [-0.15, -0.1) is 0 Å². The molecule has 1 fully saturated rings. The fourth-order valence-corrected chi connectivity index (χ4v) is 1.99. The van der Waals surface area contributed by atoms with Gasteiger partial charge in [0.15, 0.2) is 0 Å². The van der Waals surface area contributed by atoms with E-state index in [2.05, 4.69) is 5.10 Å². The summed E-state index contributed by atoms with van der Waals surface area (Å²) in [6.45, 7) is 0. The average molecular weight is 226 g/mol. The lowest BCUT2D eigenvalue weighted by Gasteiger charge is -2.11. The molecule has 3 rings (SSSR count). The molecule has 16 heavy (non-hydrogen) atoms. The summed E-state index contributed by atoms with van der Waals surface area (Å²) in [5.74, 6) is 0.418. The SMILES string of the molecule is FC(F)(F)c1ccc(C2CC2)c2ccnn12. The highest BCUT2D eigenvalue weighted by molar-refractivity contribution is 5.57. The molecule has 5 heteroatoms. The van der Waals surface area contributed by atoms with E-state index in [1.165, 1.54) is 6.20 Å². The summed E-state index contributed by atoms with van der Waals surface area (Å²) in [7, 11) is 0. The van der Waals surface area contributed by atoms with Gasteiger partial charge >= 0.3 is 6.18 Å². The number of fused-ring (bicyclic) bond motifs is 1. The van der Waals surface area contributed by atoms with Crippen molar-refractivity contribution in [2.75, 3.05) is 0 Å². The van der Waals surface area contributed by atoms with Gasteiger partial charge in [-0.1, -0.05) is 6.07 Å². The summed E-state index contributed by atoms with van der Waals surface area (Å²) in [6.07, 6.45) is -0.818. The van der Waals surface area contributed by atoms with Gasteiger partial charge in [-0.25, -0.2) is 4.52 Å². The summed E-state index contributed by atoms with van der Waals surface area (Å²) >= 11 is 0. The summed E-state index contributed by atoms with van der Waals surface area (Å²) in [5, 5.41) is 3.75. The van der Waals surface area contributed by atoms with Crippen molar-refractivity contribution in [1.82, 2.24) is 9.61 Å². The molecule has 0 bridgehead atoms. The molecule has 1 aliphatic carbocycles. The standard InChI is InChI=1S/C11H9F3N2/c12-11(13,14)10-4-3-8(7-1-2-7)9-5-6-15-16(9)10/h3-7H,1-2H2. The Hall–Kier alpha value is -1.52. The van der Waals surface area contributed by atoms with E-state index in [9.17, 15) is 13.2 Å². The Morgan fingerprint density at radius 3 is 2.56 bits per heavy atom. The van der Waals surface area contributed by atoms with E-state index < -0.39 is 11.9 Å². The van der Waals surface area contributed by atoms with E-state index in [0.717, 1.165) is 29.0 Å². The first-order valence-electron chi connectivity index (χ1n) is 5.11. The van der Waals surface area contributed by atoms with Crippen LogP contribution in [-0.2, 0) is 6.18 Å². The predicted octanol–water partition coefficient (Wildman–Crippen LogP) is 3.23. The Bertz CT molecular complexity index is 538. The molecule has 0 radical (unpaired) electrons. The molecule has 1 saturated carbocycles. The third kappa shape index (κ3) is 1.38. The molecule has 2 nitrogen and oxygen atoms in total. The minimum atomic E-state index is -4.35. The number of hydrogen-bond donors (Lipinski definition) is 0. The average Bonchev–Trinajstić information content (AvgIpc) is 2.92. The minimum absolute atomic E-state index is 0.418. The van der Waals surface area contributed by atoms with Gasteiger partial charge in [0, 0.05) is 0 Å². The Labute approximate surface area is 89.7 Å². The minimum Gasteiger partial charge on any atom is -0.228 e. The van der Waals surface area contributed by atoms with E-state index in [1.807, 2.05) is 0 Å². The number of nitrogens with zero attached hydrogens (tertiary/aromatic N) is 2. The topological polar surface area (TPSA) is 17.3 Å². The number of pyridine rings is 1. The van der Waals surface area contributed by atoms with Crippen LogP contribution in [-0.4, -0.2) is 9.61 Å². The van der Waals surface area contributed by atoms with Gasteiger partial charge in [0.2, 0.25) is 0 Å². The highest BCUT2D eigenvalue weighted by atomic mass is 19.4. The number of halogens is 3. The molecule has 2 heterocycles. The van der Waals surface area contributed by atoms with Crippen molar-refractivity contribution in [3.05, 3.63) is 35.7 Å². The van der Waals surface area contributed by atoms with Crippen LogP contribution in [0.3, 0.4) is 0 Å². The first kappa shape index (κ1) is 9.69. The molecule has 0 aromatic carbocycles. The largest absolute Gasteiger partial charge is 0.433 e. The predicted molar refractivity (Wildman–Crippen MR) is 52.2 cm³/mol. The smallest absolute Gasteiger partial charge is 0.228 e. The summed E-state index contributed by atoms with van der Waals surface area (Å²) in [4.78, 5) is 0. The molecule has 1 aliphatic rings. The van der Waals surface area contributed by atoms with Crippen LogP contribution in [0.15, 0.2) is 24.4 Å². The monoisotopic (exact) mass is 226 g/mol. The van der Waals surface area contributed by atoms with Crippen LogP contribution >= 0.6 is 0 Å². The van der Waals surface area contributed by atoms with E-state index in [4.69, 9.17) is 0 Å². The molecule has 2 aromatic heterocycles. The van der Waals surface area contributed by atoms with E-state index >= 15 is 0 Å². The fourth-order valence-electron chi connectivity index (χ4n) is 1.99. The number of aromatic nitrogens is 2. The second-order valence-corrected chi connectivity index (χ2v) is 4.07. The third-order valence-corrected chi connectivity index (χ3v) is 2.90. The van der Waals surface area contributed by atoms with Gasteiger partial charge in [0.05, 0.1) is 11.7 Å². The first-order chi connectivity index (χ1) is 7.57. The van der Waals surface area contributed by atoms with E-state index in [1.54, 1.807) is 12.1 Å². The van der Waals surface area contributed by atoms with Gasteiger partial charge < -0.3 is 0 Å². The molecule has 84 valence electrons. The quantitative estimate of drug-likeness (QED) is 0.729. The number of alkyl halides is 3. The zero-order chi connectivity index (χ0) is 11.3. The van der Waals surface area contributed by atoms with Crippen LogP contribution < -0.4 is 0 Å². The summed E-state index contributed by atoms with van der Waals surface area (Å²) < 4.78 is 39.0. The Morgan fingerprint density at radius 1 is 1.19 bits per heavy atom. The molecule has 0 spiro atoms. The van der Waals surface area contributed by atoms with Crippen LogP contribution in [0.4, 0.5) is 13.2 Å². The Balaban J connectivity index is 2.26. The Kier molecular flexibility index (Phi) is 1.81. The maximum Gasteiger partial charge on any atom is 0.433 e. The molecular weight excluding hydrogens is 217 g/mol. The lowest BCUT2D eigenvalue weighted by atomic mass is 10.1. The second kappa shape index (κ2) is 2.99. The molecule has 0 amide bonds. The van der Waals surface area contributed by atoms with Gasteiger partial charge in [-0.05, 0) is 36.5 Å². The van der Waals surface area contributed by atoms with Crippen molar-refractivity contribution in [3.63, 3.8) is 0 Å². The normalized spacial score (nSPS) is 16.9. The van der Waals surface area contributed by atoms with Crippen LogP contribution in [0, 0.1) is 0 Å². The van der Waals surface area contributed by atoms with Crippen molar-refractivity contribution in [3.8, 4) is 0 Å². The van der Waals surface area contributed by atoms with E-state index in [-0.39, 0.29) is 0 Å². The molecule has 0 unspecified atom stereocenters. The summed E-state index contributed by atoms with van der Waals surface area (Å²) in [5.41, 5.74) is 0.847. The highest BCUT2D eigenvalue weighted by Gasteiger charge is 2.35. The van der Waals surface area contributed by atoms with Crippen molar-refractivity contribution < 1.29 is 13.2 Å². The molecule has 0 aliphatic heterocycles. The second-order valence-electron chi connectivity index (χ2n) is 4.07. The van der Waals surface area contributed by atoms with Gasteiger partial charge in [-0.3, -0.25) is 0 Å². The van der Waals surface area contributed by atoms with Crippen molar-refractivity contribution in [2.45, 2.75) is 24.9 Å². The Morgan fingerprint density at radius 2 is 1.94 bits per heavy atom. The summed E-state index contributed by atoms with van der Waals surface area (Å²) in [6, 6.07) is 4.34. The van der Waals surface area contributed by atoms with Crippen molar-refractivity contribution >= 4 is 5.52 Å². The fraction of sp³-hybridized carbons (Fsp3) is 0.364. The van der Waals surface area contributed by atoms with E-state index in [0.29, 0.717) is 11.4 Å². The zero-order valence-electron chi connectivity index (χ0n) is 8.33. The van der Waals surface area contributed by atoms with Crippen molar-refractivity contribution in [1.29, 1.82) is 0 Å². The number of hydrogen-bond acceptors (Lipinski definition) is 1. The number of rotatable bonds is 1. The molecular formula is C11H9F3N2. The molecule has 0 atom stereocenters. The van der Waals surface area contributed by atoms with Crippen LogP contribution in [0.5, 0.6) is 0 Å². The zero-order valence-corrected chi connectivity index (χ0v) is 8.33. The van der Waals surface area contributed by atoms with Gasteiger partial charge in [0.1, 0.15) is 5.69 Å². The maximum absolute atomic E-state index is 12.7. The highest BCUT2D eigenvalue weighted by Crippen LogP contribution is 2.43. The van der Waals surface area contributed by atoms with Crippen LogP contribution in [0.25, 0.3) is 5.52 Å². The maximum atomic E-state index is 12.7. The van der Waals surface area contributed by atoms with Gasteiger partial charge in [-0.2, -0.15) is 18.3 Å². The molecule has 0 N–H and O–H groups in total. The van der Waals surface area contributed by atoms with Crippen LogP contribution in [0.1, 0.15) is 30.0 Å². The lowest BCUT2D eigenvalue weighted by molar-refractivity contribution is -0.142.